The second-order valence-electron chi connectivity index (χ2n) is 12.0. The molecule has 0 amide bonds. The van der Waals surface area contributed by atoms with Gasteiger partial charge in [0.2, 0.25) is 0 Å². The minimum atomic E-state index is 0.901. The molecule has 0 bridgehead atoms. The number of hydrogen-bond donors (Lipinski definition) is 1. The minimum absolute atomic E-state index is 0.901. The number of fused-ring (bicyclic) bond motifs is 3. The smallest absolute Gasteiger partial charge is 0.139 e. The Bertz CT molecular complexity index is 2620. The van der Waals surface area contributed by atoms with Crippen molar-refractivity contribution in [2.24, 2.45) is 0 Å². The number of hydrogen-bond acceptors (Lipinski definition) is 1. The van der Waals surface area contributed by atoms with E-state index in [4.69, 9.17) is 4.98 Å². The SMILES string of the molecule is c1ccc2c(-c3cc(-c4cccc5ccccc45)c4ccc5c(-c6nc7ccccc7[nH]6)ccc6ccc3c4c65)cccc2c1. The Hall–Kier alpha value is -5.99. The Morgan fingerprint density at radius 2 is 0.911 bits per heavy atom. The van der Waals surface area contributed by atoms with Crippen LogP contribution in [0.15, 0.2) is 152 Å². The molecule has 0 radical (unpaired) electrons. The van der Waals surface area contributed by atoms with Gasteiger partial charge >= 0.3 is 0 Å². The molecule has 2 heteroatoms. The second kappa shape index (κ2) is 9.25. The van der Waals surface area contributed by atoms with Crippen molar-refractivity contribution in [2.75, 3.05) is 0 Å². The van der Waals surface area contributed by atoms with E-state index in [2.05, 4.69) is 151 Å². The van der Waals surface area contributed by atoms with E-state index in [1.54, 1.807) is 0 Å². The molecule has 1 N–H and O–H groups in total. The first-order valence-corrected chi connectivity index (χ1v) is 15.5. The number of nitrogens with zero attached hydrogens (tertiary/aromatic N) is 1. The molecule has 1 aromatic heterocycles. The van der Waals surface area contributed by atoms with E-state index in [1.165, 1.54) is 76.1 Å². The zero-order valence-corrected chi connectivity index (χ0v) is 24.4. The fourth-order valence-electron chi connectivity index (χ4n) is 7.55. The summed E-state index contributed by atoms with van der Waals surface area (Å²) >= 11 is 0. The van der Waals surface area contributed by atoms with Crippen LogP contribution in [0.4, 0.5) is 0 Å². The van der Waals surface area contributed by atoms with Gasteiger partial charge in [-0.05, 0) is 94.3 Å². The number of H-pyrrole nitrogens is 1. The third-order valence-corrected chi connectivity index (χ3v) is 9.59. The number of imidazole rings is 1. The Morgan fingerprint density at radius 3 is 1.60 bits per heavy atom. The van der Waals surface area contributed by atoms with Crippen LogP contribution >= 0.6 is 0 Å². The van der Waals surface area contributed by atoms with Gasteiger partial charge in [0.05, 0.1) is 11.0 Å². The van der Waals surface area contributed by atoms with Gasteiger partial charge < -0.3 is 4.98 Å². The van der Waals surface area contributed by atoms with E-state index >= 15 is 0 Å². The van der Waals surface area contributed by atoms with Crippen molar-refractivity contribution in [2.45, 2.75) is 0 Å². The molecule has 0 fully saturated rings. The first-order chi connectivity index (χ1) is 22.3. The maximum absolute atomic E-state index is 5.01. The van der Waals surface area contributed by atoms with Crippen molar-refractivity contribution >= 4 is 64.9 Å². The van der Waals surface area contributed by atoms with Crippen LogP contribution in [-0.4, -0.2) is 9.97 Å². The molecule has 0 aliphatic carbocycles. The zero-order chi connectivity index (χ0) is 29.5. The molecule has 208 valence electrons. The Kier molecular flexibility index (Phi) is 5.03. The predicted molar refractivity (Wildman–Crippen MR) is 191 cm³/mol. The molecule has 10 aromatic rings. The number of rotatable bonds is 3. The lowest BCUT2D eigenvalue weighted by molar-refractivity contribution is 1.35. The highest BCUT2D eigenvalue weighted by Crippen LogP contribution is 2.47. The maximum atomic E-state index is 5.01. The van der Waals surface area contributed by atoms with E-state index in [1.807, 2.05) is 6.07 Å². The summed E-state index contributed by atoms with van der Waals surface area (Å²) in [5, 5.41) is 12.6. The highest BCUT2D eigenvalue weighted by Gasteiger charge is 2.20. The molecule has 0 aliphatic rings. The number of aromatic amines is 1. The number of aromatic nitrogens is 2. The van der Waals surface area contributed by atoms with E-state index in [-0.39, 0.29) is 0 Å². The Morgan fingerprint density at radius 1 is 0.356 bits per heavy atom. The highest BCUT2D eigenvalue weighted by atomic mass is 14.9. The van der Waals surface area contributed by atoms with Gasteiger partial charge in [0.25, 0.3) is 0 Å². The predicted octanol–water partition coefficient (Wildman–Crippen LogP) is 11.8. The second-order valence-corrected chi connectivity index (χ2v) is 12.0. The van der Waals surface area contributed by atoms with Gasteiger partial charge in [-0.15, -0.1) is 0 Å². The summed E-state index contributed by atoms with van der Waals surface area (Å²) < 4.78 is 0. The maximum Gasteiger partial charge on any atom is 0.139 e. The first-order valence-electron chi connectivity index (χ1n) is 15.5. The molecule has 9 aromatic carbocycles. The minimum Gasteiger partial charge on any atom is -0.338 e. The molecule has 0 saturated heterocycles. The Labute approximate surface area is 259 Å². The van der Waals surface area contributed by atoms with Crippen molar-refractivity contribution in [1.29, 1.82) is 0 Å². The molecule has 0 saturated carbocycles. The van der Waals surface area contributed by atoms with E-state index < -0.39 is 0 Å². The van der Waals surface area contributed by atoms with Crippen LogP contribution in [0.25, 0.3) is 98.5 Å². The van der Waals surface area contributed by atoms with Gasteiger partial charge in [0.15, 0.2) is 0 Å². The molecule has 0 unspecified atom stereocenters. The van der Waals surface area contributed by atoms with Gasteiger partial charge in [-0.3, -0.25) is 0 Å². The molecule has 45 heavy (non-hydrogen) atoms. The van der Waals surface area contributed by atoms with E-state index in [0.29, 0.717) is 0 Å². The molecule has 0 aliphatic heterocycles. The summed E-state index contributed by atoms with van der Waals surface area (Å²) in [7, 11) is 0. The van der Waals surface area contributed by atoms with Gasteiger partial charge in [-0.25, -0.2) is 4.98 Å². The molecule has 0 spiro atoms. The lowest BCUT2D eigenvalue weighted by Gasteiger charge is -2.20. The third-order valence-electron chi connectivity index (χ3n) is 9.59. The monoisotopic (exact) mass is 570 g/mol. The first kappa shape index (κ1) is 24.5. The van der Waals surface area contributed by atoms with Gasteiger partial charge in [0.1, 0.15) is 5.82 Å². The summed E-state index contributed by atoms with van der Waals surface area (Å²) in [6.45, 7) is 0. The van der Waals surface area contributed by atoms with Gasteiger partial charge in [-0.1, -0.05) is 133 Å². The Balaban J connectivity index is 1.38. The quantitative estimate of drug-likeness (QED) is 0.210. The molecule has 0 atom stereocenters. The van der Waals surface area contributed by atoms with Crippen molar-refractivity contribution < 1.29 is 0 Å². The fraction of sp³-hybridized carbons (Fsp3) is 0. The van der Waals surface area contributed by atoms with Crippen LogP contribution < -0.4 is 0 Å². The summed E-state index contributed by atoms with van der Waals surface area (Å²) in [6, 6.07) is 55.2. The van der Waals surface area contributed by atoms with Gasteiger partial charge in [-0.2, -0.15) is 0 Å². The number of para-hydroxylation sites is 2. The van der Waals surface area contributed by atoms with Crippen molar-refractivity contribution in [3.63, 3.8) is 0 Å². The van der Waals surface area contributed by atoms with Crippen LogP contribution in [0.1, 0.15) is 0 Å². The average molecular weight is 571 g/mol. The topological polar surface area (TPSA) is 28.7 Å². The van der Waals surface area contributed by atoms with Crippen LogP contribution in [0.3, 0.4) is 0 Å². The van der Waals surface area contributed by atoms with E-state index in [9.17, 15) is 0 Å². The molecule has 1 heterocycles. The zero-order valence-electron chi connectivity index (χ0n) is 24.4. The molecule has 10 rings (SSSR count). The summed E-state index contributed by atoms with van der Waals surface area (Å²) in [5.41, 5.74) is 8.17. The highest BCUT2D eigenvalue weighted by molar-refractivity contribution is 6.31. The molecule has 2 nitrogen and oxygen atoms in total. The average Bonchev–Trinajstić information content (AvgIpc) is 3.54. The lowest BCUT2D eigenvalue weighted by atomic mass is 9.83. The summed E-state index contributed by atoms with van der Waals surface area (Å²) in [5.74, 6) is 0.901. The molecular formula is C43H26N2. The van der Waals surface area contributed by atoms with Crippen molar-refractivity contribution in [3.05, 3.63) is 152 Å². The number of nitrogens with one attached hydrogen (secondary N) is 1. The standard InChI is InChI=1S/C43H26N2/c1-3-13-29-26(9-1)11-7-15-31(29)37-25-38(32-16-8-12-27-10-2-4-14-30(27)32)35-24-23-33-36(43-44-39-17-5-6-18-40(39)45-43)22-20-28-19-21-34(37)42(35)41(28)33/h1-25H,(H,44,45). The van der Waals surface area contributed by atoms with Crippen molar-refractivity contribution in [3.8, 4) is 33.6 Å². The third kappa shape index (κ3) is 3.54. The van der Waals surface area contributed by atoms with Gasteiger partial charge in [0, 0.05) is 5.56 Å². The van der Waals surface area contributed by atoms with Crippen molar-refractivity contribution in [1.82, 2.24) is 9.97 Å². The largest absolute Gasteiger partial charge is 0.338 e. The number of benzene rings is 9. The fourth-order valence-corrected chi connectivity index (χ4v) is 7.55. The van der Waals surface area contributed by atoms with E-state index in [0.717, 1.165) is 22.4 Å². The normalized spacial score (nSPS) is 12.0. The van der Waals surface area contributed by atoms with Crippen LogP contribution in [0.5, 0.6) is 0 Å². The van der Waals surface area contributed by atoms with Crippen LogP contribution in [0, 0.1) is 0 Å². The summed E-state index contributed by atoms with van der Waals surface area (Å²) in [4.78, 5) is 8.60. The van der Waals surface area contributed by atoms with Crippen LogP contribution in [-0.2, 0) is 0 Å². The molecular weight excluding hydrogens is 544 g/mol. The van der Waals surface area contributed by atoms with Crippen LogP contribution in [0.2, 0.25) is 0 Å². The summed E-state index contributed by atoms with van der Waals surface area (Å²) in [6.07, 6.45) is 0. The lowest BCUT2D eigenvalue weighted by Crippen LogP contribution is -1.93.